The number of hydrogen-bond acceptors (Lipinski definition) is 7. The van der Waals surface area contributed by atoms with Gasteiger partial charge in [-0.2, -0.15) is 0 Å². The summed E-state index contributed by atoms with van der Waals surface area (Å²) < 4.78 is 10.4. The number of anilines is 1. The van der Waals surface area contributed by atoms with Crippen LogP contribution in [0.3, 0.4) is 0 Å². The van der Waals surface area contributed by atoms with Gasteiger partial charge in [-0.1, -0.05) is 12.1 Å². The van der Waals surface area contributed by atoms with Gasteiger partial charge in [0.1, 0.15) is 15.6 Å². The van der Waals surface area contributed by atoms with Crippen molar-refractivity contribution in [2.75, 3.05) is 17.8 Å². The lowest BCUT2D eigenvalue weighted by Crippen LogP contribution is -2.37. The van der Waals surface area contributed by atoms with Crippen LogP contribution in [0.25, 0.3) is 10.7 Å². The molecule has 1 aliphatic heterocycles. The van der Waals surface area contributed by atoms with Gasteiger partial charge in [0.05, 0.1) is 11.4 Å². The smallest absolute Gasteiger partial charge is 0.265 e. The molecule has 3 aromatic heterocycles. The van der Waals surface area contributed by atoms with Crippen LogP contribution in [0.4, 0.5) is 5.82 Å². The molecular formula is C21H27N5O2S2. The molecule has 0 aromatic carbocycles. The zero-order chi connectivity index (χ0) is 21.4. The van der Waals surface area contributed by atoms with E-state index in [-0.39, 0.29) is 5.91 Å². The second kappa shape index (κ2) is 8.47. The van der Waals surface area contributed by atoms with E-state index >= 15 is 0 Å². The summed E-state index contributed by atoms with van der Waals surface area (Å²) in [4.78, 5) is 21.6. The van der Waals surface area contributed by atoms with Crippen molar-refractivity contribution < 1.29 is 9.32 Å². The van der Waals surface area contributed by atoms with Crippen LogP contribution in [0.2, 0.25) is 0 Å². The van der Waals surface area contributed by atoms with Crippen molar-refractivity contribution in [2.45, 2.75) is 45.4 Å². The third-order valence-corrected chi connectivity index (χ3v) is 7.78. The SMILES string of the molecule is Cc1cc(NSc2cc(-c3nc(C)c(C(=O)N4CCC(C)CC4)s3)n(C)c2C)no1. The Morgan fingerprint density at radius 1 is 1.27 bits per heavy atom. The zero-order valence-corrected chi connectivity index (χ0v) is 19.6. The normalized spacial score (nSPS) is 15.0. The van der Waals surface area contributed by atoms with Crippen LogP contribution in [0.5, 0.6) is 0 Å². The van der Waals surface area contributed by atoms with E-state index < -0.39 is 0 Å². The highest BCUT2D eigenvalue weighted by Crippen LogP contribution is 2.35. The van der Waals surface area contributed by atoms with Gasteiger partial charge in [-0.15, -0.1) is 11.3 Å². The van der Waals surface area contributed by atoms with E-state index in [2.05, 4.69) is 34.4 Å². The van der Waals surface area contributed by atoms with Crippen molar-refractivity contribution in [3.05, 3.63) is 34.2 Å². The Morgan fingerprint density at radius 2 is 2.00 bits per heavy atom. The van der Waals surface area contributed by atoms with Gasteiger partial charge in [-0.25, -0.2) is 4.98 Å². The molecule has 1 N–H and O–H groups in total. The molecule has 0 unspecified atom stereocenters. The van der Waals surface area contributed by atoms with Gasteiger partial charge < -0.3 is 18.7 Å². The van der Waals surface area contributed by atoms with Gasteiger partial charge in [0, 0.05) is 36.8 Å². The predicted molar refractivity (Wildman–Crippen MR) is 121 cm³/mol. The Balaban J connectivity index is 1.54. The molecule has 1 amide bonds. The molecule has 30 heavy (non-hydrogen) atoms. The molecule has 9 heteroatoms. The Kier molecular flexibility index (Phi) is 5.92. The van der Waals surface area contributed by atoms with Crippen LogP contribution in [0.15, 0.2) is 21.6 Å². The highest BCUT2D eigenvalue weighted by atomic mass is 32.2. The van der Waals surface area contributed by atoms with Gasteiger partial charge in [-0.3, -0.25) is 4.79 Å². The Hall–Kier alpha value is -2.26. The fraction of sp³-hybridized carbons (Fsp3) is 0.476. The van der Waals surface area contributed by atoms with Crippen molar-refractivity contribution in [2.24, 2.45) is 13.0 Å². The van der Waals surface area contributed by atoms with E-state index in [0.29, 0.717) is 11.7 Å². The molecule has 0 saturated carbocycles. The van der Waals surface area contributed by atoms with E-state index in [1.165, 1.54) is 23.3 Å². The minimum absolute atomic E-state index is 0.117. The van der Waals surface area contributed by atoms with Crippen molar-refractivity contribution in [1.82, 2.24) is 19.6 Å². The number of likely N-dealkylation sites (tertiary alicyclic amines) is 1. The molecule has 0 radical (unpaired) electrons. The zero-order valence-electron chi connectivity index (χ0n) is 18.0. The van der Waals surface area contributed by atoms with Gasteiger partial charge in [0.2, 0.25) is 0 Å². The second-order valence-electron chi connectivity index (χ2n) is 7.97. The first kappa shape index (κ1) is 21.0. The minimum atomic E-state index is 0.117. The molecule has 7 nitrogen and oxygen atoms in total. The third kappa shape index (κ3) is 4.13. The molecule has 0 atom stereocenters. The molecule has 0 spiro atoms. The lowest BCUT2D eigenvalue weighted by atomic mass is 9.99. The van der Waals surface area contributed by atoms with Gasteiger partial charge in [-0.05, 0) is 57.5 Å². The highest BCUT2D eigenvalue weighted by Gasteiger charge is 2.26. The fourth-order valence-corrected chi connectivity index (χ4v) is 5.41. The molecule has 0 aliphatic carbocycles. The number of amides is 1. The summed E-state index contributed by atoms with van der Waals surface area (Å²) in [7, 11) is 2.03. The first-order valence-corrected chi connectivity index (χ1v) is 11.8. The Morgan fingerprint density at radius 3 is 2.67 bits per heavy atom. The van der Waals surface area contributed by atoms with E-state index in [9.17, 15) is 4.79 Å². The lowest BCUT2D eigenvalue weighted by molar-refractivity contribution is 0.0701. The molecule has 0 bridgehead atoms. The van der Waals surface area contributed by atoms with Gasteiger partial charge in [0.25, 0.3) is 5.91 Å². The van der Waals surface area contributed by atoms with Crippen LogP contribution in [0.1, 0.15) is 46.6 Å². The standard InChI is InChI=1S/C21H27N5O2S2/c1-12-6-8-26(9-7-12)21(27)19-14(3)22-20(29-19)16-11-17(15(4)25(16)5)30-24-18-10-13(2)28-23-18/h10-12H,6-9H2,1-5H3,(H,23,24). The quantitative estimate of drug-likeness (QED) is 0.554. The van der Waals surface area contributed by atoms with Crippen molar-refractivity contribution in [3.63, 3.8) is 0 Å². The average Bonchev–Trinajstić information content (AvgIpc) is 3.39. The molecule has 1 aliphatic rings. The van der Waals surface area contributed by atoms with Crippen LogP contribution in [-0.2, 0) is 7.05 Å². The first-order chi connectivity index (χ1) is 14.3. The summed E-state index contributed by atoms with van der Waals surface area (Å²) >= 11 is 2.98. The number of piperidine rings is 1. The molecule has 160 valence electrons. The molecule has 4 rings (SSSR count). The summed E-state index contributed by atoms with van der Waals surface area (Å²) in [6, 6.07) is 3.96. The summed E-state index contributed by atoms with van der Waals surface area (Å²) in [5.41, 5.74) is 2.93. The lowest BCUT2D eigenvalue weighted by Gasteiger charge is -2.30. The van der Waals surface area contributed by atoms with Crippen molar-refractivity contribution in [1.29, 1.82) is 0 Å². The van der Waals surface area contributed by atoms with Crippen LogP contribution < -0.4 is 4.72 Å². The largest absolute Gasteiger partial charge is 0.360 e. The number of rotatable bonds is 5. The topological polar surface area (TPSA) is 76.2 Å². The molecular weight excluding hydrogens is 418 g/mol. The molecule has 4 heterocycles. The van der Waals surface area contributed by atoms with E-state index in [4.69, 9.17) is 9.51 Å². The maximum Gasteiger partial charge on any atom is 0.265 e. The number of carbonyl (C=O) groups excluding carboxylic acids is 1. The summed E-state index contributed by atoms with van der Waals surface area (Å²) in [5, 5.41) is 4.84. The fourth-order valence-electron chi connectivity index (χ4n) is 3.56. The van der Waals surface area contributed by atoms with Crippen molar-refractivity contribution >= 4 is 35.0 Å². The van der Waals surface area contributed by atoms with Crippen LogP contribution in [-0.4, -0.2) is 38.6 Å². The number of carbonyl (C=O) groups is 1. The summed E-state index contributed by atoms with van der Waals surface area (Å²) in [6.45, 7) is 9.79. The molecule has 1 fully saturated rings. The molecule has 3 aromatic rings. The van der Waals surface area contributed by atoms with Gasteiger partial charge >= 0.3 is 0 Å². The van der Waals surface area contributed by atoms with Crippen molar-refractivity contribution in [3.8, 4) is 10.7 Å². The number of hydrogen-bond donors (Lipinski definition) is 1. The number of nitrogens with zero attached hydrogens (tertiary/aromatic N) is 4. The second-order valence-corrected chi connectivity index (χ2v) is 9.82. The van der Waals surface area contributed by atoms with Crippen LogP contribution in [0, 0.1) is 26.7 Å². The monoisotopic (exact) mass is 445 g/mol. The van der Waals surface area contributed by atoms with E-state index in [0.717, 1.165) is 63.6 Å². The van der Waals surface area contributed by atoms with E-state index in [1.807, 2.05) is 31.9 Å². The Labute approximate surface area is 185 Å². The number of nitrogens with one attached hydrogen (secondary N) is 1. The number of aromatic nitrogens is 3. The third-order valence-electron chi connectivity index (χ3n) is 5.66. The maximum absolute atomic E-state index is 13.0. The molecule has 1 saturated heterocycles. The number of aryl methyl sites for hydroxylation is 2. The highest BCUT2D eigenvalue weighted by molar-refractivity contribution is 8.00. The minimum Gasteiger partial charge on any atom is -0.360 e. The van der Waals surface area contributed by atoms with E-state index in [1.54, 1.807) is 0 Å². The predicted octanol–water partition coefficient (Wildman–Crippen LogP) is 5.05. The van der Waals surface area contributed by atoms with Gasteiger partial charge in [0.15, 0.2) is 5.82 Å². The summed E-state index contributed by atoms with van der Waals surface area (Å²) in [6.07, 6.45) is 2.15. The number of thiazole rings is 1. The summed E-state index contributed by atoms with van der Waals surface area (Å²) in [5.74, 6) is 2.27. The average molecular weight is 446 g/mol. The maximum atomic E-state index is 13.0. The Bertz CT molecular complexity index is 1060. The first-order valence-electron chi connectivity index (χ1n) is 10.1. The van der Waals surface area contributed by atoms with Crippen LogP contribution >= 0.6 is 23.3 Å².